The molecule has 0 aromatic carbocycles. The van der Waals surface area contributed by atoms with Gasteiger partial charge in [0.25, 0.3) is 0 Å². The Morgan fingerprint density at radius 1 is 1.27 bits per heavy atom. The first-order valence-electron chi connectivity index (χ1n) is 6.30. The molecule has 2 aliphatic carbocycles. The van der Waals surface area contributed by atoms with Gasteiger partial charge >= 0.3 is 0 Å². The Hall–Kier alpha value is -0.563. The predicted molar refractivity (Wildman–Crippen MR) is 70.7 cm³/mol. The van der Waals surface area contributed by atoms with Crippen molar-refractivity contribution >= 4 is 9.52 Å². The lowest BCUT2D eigenvalue weighted by Crippen LogP contribution is -2.13. The normalized spacial score (nSPS) is 27.6. The summed E-state index contributed by atoms with van der Waals surface area (Å²) in [5.41, 5.74) is 1.73. The molecule has 0 spiro atoms. The van der Waals surface area contributed by atoms with E-state index in [1.54, 1.807) is 10.8 Å². The summed E-state index contributed by atoms with van der Waals surface area (Å²) in [5, 5.41) is 3.66. The second-order valence-electron chi connectivity index (χ2n) is 5.07. The van der Waals surface area contributed by atoms with E-state index in [2.05, 4.69) is 32.1 Å². The lowest BCUT2D eigenvalue weighted by Gasteiger charge is -2.22. The quantitative estimate of drug-likeness (QED) is 0.623. The van der Waals surface area contributed by atoms with Crippen LogP contribution < -0.4 is 0 Å². The molecular weight excluding hydrogens is 196 g/mol. The molecule has 15 heavy (non-hydrogen) atoms. The minimum absolute atomic E-state index is 0.0857. The molecule has 0 nitrogen and oxygen atoms in total. The maximum Gasteiger partial charge on any atom is 0.0776 e. The Labute approximate surface area is 96.0 Å². The minimum atomic E-state index is -0.0857. The fraction of sp³-hybridized carbons (Fsp3) is 0.571. The highest BCUT2D eigenvalue weighted by Crippen LogP contribution is 2.28. The van der Waals surface area contributed by atoms with E-state index in [9.17, 15) is 0 Å². The Morgan fingerprint density at radius 3 is 2.80 bits per heavy atom. The molecule has 0 aliphatic heterocycles. The standard InChI is InChI=1S/C14H22Si/c1-11-7-3-5-9-13(11)15-14-10-6-4-8-12(14)2/h3,5,9,11H,4,6-8,10,15H2,1-2H3. The molecule has 0 radical (unpaired) electrons. The van der Waals surface area contributed by atoms with Crippen LogP contribution in [0.4, 0.5) is 0 Å². The van der Waals surface area contributed by atoms with Gasteiger partial charge < -0.3 is 0 Å². The van der Waals surface area contributed by atoms with Crippen LogP contribution in [-0.4, -0.2) is 9.52 Å². The second kappa shape index (κ2) is 4.98. The van der Waals surface area contributed by atoms with Crippen LogP contribution in [-0.2, 0) is 0 Å². The number of hydrogen-bond donors (Lipinski definition) is 0. The van der Waals surface area contributed by atoms with Gasteiger partial charge in [-0.3, -0.25) is 0 Å². The average Bonchev–Trinajstić information content (AvgIpc) is 2.24. The van der Waals surface area contributed by atoms with Crippen molar-refractivity contribution < 1.29 is 0 Å². The van der Waals surface area contributed by atoms with Crippen LogP contribution in [0, 0.1) is 5.92 Å². The molecule has 1 heteroatoms. The van der Waals surface area contributed by atoms with E-state index in [0.717, 1.165) is 5.92 Å². The third-order valence-electron chi connectivity index (χ3n) is 3.87. The molecule has 0 aromatic heterocycles. The van der Waals surface area contributed by atoms with Crippen molar-refractivity contribution in [1.82, 2.24) is 0 Å². The van der Waals surface area contributed by atoms with E-state index >= 15 is 0 Å². The van der Waals surface area contributed by atoms with Gasteiger partial charge in [0.2, 0.25) is 0 Å². The number of allylic oxidation sites excluding steroid dienone is 6. The number of hydrogen-bond acceptors (Lipinski definition) is 0. The highest BCUT2D eigenvalue weighted by atomic mass is 28.2. The van der Waals surface area contributed by atoms with Gasteiger partial charge in [0.15, 0.2) is 0 Å². The molecule has 0 amide bonds. The molecular formula is C14H22Si. The molecule has 0 heterocycles. The summed E-state index contributed by atoms with van der Waals surface area (Å²) in [7, 11) is -0.0857. The van der Waals surface area contributed by atoms with Crippen molar-refractivity contribution in [2.45, 2.75) is 46.0 Å². The van der Waals surface area contributed by atoms with Gasteiger partial charge in [-0.25, -0.2) is 0 Å². The summed E-state index contributed by atoms with van der Waals surface area (Å²) in [6.07, 6.45) is 13.9. The SMILES string of the molecule is CC1=C([SiH2]C2=CC=CCC2C)CCCC1. The molecule has 0 aromatic rings. The van der Waals surface area contributed by atoms with Crippen LogP contribution in [0.15, 0.2) is 34.2 Å². The molecule has 0 bridgehead atoms. The third-order valence-corrected chi connectivity index (χ3v) is 6.60. The van der Waals surface area contributed by atoms with E-state index in [1.807, 2.05) is 5.20 Å². The van der Waals surface area contributed by atoms with Gasteiger partial charge in [0, 0.05) is 0 Å². The molecule has 0 fully saturated rings. The summed E-state index contributed by atoms with van der Waals surface area (Å²) < 4.78 is 0. The Bertz CT molecular complexity index is 320. The van der Waals surface area contributed by atoms with Gasteiger partial charge in [-0.05, 0) is 44.9 Å². The summed E-state index contributed by atoms with van der Waals surface area (Å²) in [5.74, 6) is 0.823. The minimum Gasteiger partial charge on any atom is -0.0840 e. The maximum atomic E-state index is 2.40. The molecule has 82 valence electrons. The first kappa shape index (κ1) is 10.9. The summed E-state index contributed by atoms with van der Waals surface area (Å²) in [6.45, 7) is 4.76. The summed E-state index contributed by atoms with van der Waals surface area (Å²) in [4.78, 5) is 0. The fourth-order valence-electron chi connectivity index (χ4n) is 2.63. The molecule has 1 atom stereocenters. The maximum absolute atomic E-state index is 2.40. The predicted octanol–water partition coefficient (Wildman–Crippen LogP) is 3.48. The van der Waals surface area contributed by atoms with E-state index in [4.69, 9.17) is 0 Å². The lowest BCUT2D eigenvalue weighted by atomic mass is 10.0. The Kier molecular flexibility index (Phi) is 3.63. The summed E-state index contributed by atoms with van der Waals surface area (Å²) >= 11 is 0. The van der Waals surface area contributed by atoms with E-state index < -0.39 is 0 Å². The molecule has 2 aliphatic rings. The molecule has 1 unspecified atom stereocenters. The van der Waals surface area contributed by atoms with Crippen molar-refractivity contribution in [3.63, 3.8) is 0 Å². The van der Waals surface area contributed by atoms with Crippen LogP contribution in [0.3, 0.4) is 0 Å². The smallest absolute Gasteiger partial charge is 0.0776 e. The van der Waals surface area contributed by atoms with E-state index in [-0.39, 0.29) is 9.52 Å². The molecule has 2 rings (SSSR count). The van der Waals surface area contributed by atoms with E-state index in [0.29, 0.717) is 0 Å². The van der Waals surface area contributed by atoms with Gasteiger partial charge in [-0.2, -0.15) is 0 Å². The zero-order chi connectivity index (χ0) is 10.7. The molecule has 0 N–H and O–H groups in total. The molecule has 0 saturated heterocycles. The molecule has 0 saturated carbocycles. The van der Waals surface area contributed by atoms with Crippen LogP contribution in [0.1, 0.15) is 46.0 Å². The first-order valence-corrected chi connectivity index (χ1v) is 7.72. The van der Waals surface area contributed by atoms with Gasteiger partial charge in [-0.15, -0.1) is 0 Å². The topological polar surface area (TPSA) is 0 Å². The summed E-state index contributed by atoms with van der Waals surface area (Å²) in [6, 6.07) is 0. The number of rotatable bonds is 2. The van der Waals surface area contributed by atoms with E-state index in [1.165, 1.54) is 32.1 Å². The van der Waals surface area contributed by atoms with Crippen molar-refractivity contribution in [3.8, 4) is 0 Å². The first-order chi connectivity index (χ1) is 7.27. The Balaban J connectivity index is 2.07. The average molecular weight is 218 g/mol. The zero-order valence-electron chi connectivity index (χ0n) is 10.1. The largest absolute Gasteiger partial charge is 0.0840 e. The fourth-order valence-corrected chi connectivity index (χ4v) is 4.79. The van der Waals surface area contributed by atoms with Crippen LogP contribution in [0.5, 0.6) is 0 Å². The van der Waals surface area contributed by atoms with Crippen molar-refractivity contribution in [2.24, 2.45) is 5.92 Å². The van der Waals surface area contributed by atoms with Crippen LogP contribution in [0.25, 0.3) is 0 Å². The highest BCUT2D eigenvalue weighted by molar-refractivity contribution is 6.54. The van der Waals surface area contributed by atoms with Gasteiger partial charge in [-0.1, -0.05) is 41.1 Å². The second-order valence-corrected chi connectivity index (χ2v) is 7.10. The monoisotopic (exact) mass is 218 g/mol. The van der Waals surface area contributed by atoms with Gasteiger partial charge in [0.1, 0.15) is 0 Å². The lowest BCUT2D eigenvalue weighted by molar-refractivity contribution is 0.687. The highest BCUT2D eigenvalue weighted by Gasteiger charge is 2.15. The van der Waals surface area contributed by atoms with Crippen LogP contribution in [0.2, 0.25) is 0 Å². The zero-order valence-corrected chi connectivity index (χ0v) is 11.5. The van der Waals surface area contributed by atoms with Gasteiger partial charge in [0.05, 0.1) is 9.52 Å². The Morgan fingerprint density at radius 2 is 2.07 bits per heavy atom. The van der Waals surface area contributed by atoms with Crippen molar-refractivity contribution in [1.29, 1.82) is 0 Å². The third kappa shape index (κ3) is 2.72. The van der Waals surface area contributed by atoms with Crippen LogP contribution >= 0.6 is 0 Å². The van der Waals surface area contributed by atoms with Crippen molar-refractivity contribution in [2.75, 3.05) is 0 Å². The van der Waals surface area contributed by atoms with Crippen molar-refractivity contribution in [3.05, 3.63) is 34.2 Å².